The summed E-state index contributed by atoms with van der Waals surface area (Å²) in [5.74, 6) is -0.741. The molecular weight excluding hydrogens is 276 g/mol. The SMILES string of the molecule is CCOCC1CCN(CC(O)c2ccc(F)cc2F)CC1. The fourth-order valence-corrected chi connectivity index (χ4v) is 2.73. The highest BCUT2D eigenvalue weighted by Crippen LogP contribution is 2.23. The second-order valence-corrected chi connectivity index (χ2v) is 5.59. The number of aliphatic hydroxyl groups excluding tert-OH is 1. The molecule has 0 spiro atoms. The average Bonchev–Trinajstić information content (AvgIpc) is 2.46. The lowest BCUT2D eigenvalue weighted by Crippen LogP contribution is -2.37. The standard InChI is InChI=1S/C16H23F2NO2/c1-2-21-11-12-5-7-19(8-6-12)10-16(20)14-4-3-13(17)9-15(14)18/h3-4,9,12,16,20H,2,5-8,10-11H2,1H3. The monoisotopic (exact) mass is 299 g/mol. The summed E-state index contributed by atoms with van der Waals surface area (Å²) in [6.45, 7) is 5.64. The number of halogens is 2. The van der Waals surface area contributed by atoms with Crippen molar-refractivity contribution in [3.63, 3.8) is 0 Å². The molecule has 118 valence electrons. The lowest BCUT2D eigenvalue weighted by Gasteiger charge is -2.33. The van der Waals surface area contributed by atoms with Crippen molar-refractivity contribution >= 4 is 0 Å². The van der Waals surface area contributed by atoms with Crippen LogP contribution in [-0.4, -0.2) is 42.9 Å². The van der Waals surface area contributed by atoms with Crippen LogP contribution in [0.2, 0.25) is 0 Å². The molecule has 2 rings (SSSR count). The summed E-state index contributed by atoms with van der Waals surface area (Å²) in [6, 6.07) is 3.31. The summed E-state index contributed by atoms with van der Waals surface area (Å²) in [6.07, 6.45) is 1.13. The van der Waals surface area contributed by atoms with Crippen LogP contribution in [-0.2, 0) is 4.74 Å². The Morgan fingerprint density at radius 3 is 2.67 bits per heavy atom. The van der Waals surface area contributed by atoms with E-state index in [1.807, 2.05) is 6.92 Å². The summed E-state index contributed by atoms with van der Waals surface area (Å²) in [5.41, 5.74) is 0.160. The highest BCUT2D eigenvalue weighted by atomic mass is 19.1. The second kappa shape index (κ2) is 7.82. The molecule has 21 heavy (non-hydrogen) atoms. The molecule has 0 aromatic heterocycles. The van der Waals surface area contributed by atoms with E-state index in [0.29, 0.717) is 12.5 Å². The van der Waals surface area contributed by atoms with Crippen molar-refractivity contribution < 1.29 is 18.6 Å². The topological polar surface area (TPSA) is 32.7 Å². The van der Waals surface area contributed by atoms with Crippen LogP contribution < -0.4 is 0 Å². The van der Waals surface area contributed by atoms with E-state index in [1.54, 1.807) is 0 Å². The second-order valence-electron chi connectivity index (χ2n) is 5.59. The van der Waals surface area contributed by atoms with Gasteiger partial charge in [-0.25, -0.2) is 8.78 Å². The molecule has 0 saturated carbocycles. The molecule has 1 aliphatic heterocycles. The lowest BCUT2D eigenvalue weighted by molar-refractivity contribution is 0.0526. The number of ether oxygens (including phenoxy) is 1. The van der Waals surface area contributed by atoms with E-state index in [4.69, 9.17) is 4.74 Å². The van der Waals surface area contributed by atoms with E-state index in [9.17, 15) is 13.9 Å². The van der Waals surface area contributed by atoms with Crippen molar-refractivity contribution in [3.8, 4) is 0 Å². The van der Waals surface area contributed by atoms with Crippen molar-refractivity contribution in [1.29, 1.82) is 0 Å². The molecule has 0 radical (unpaired) electrons. The first-order valence-corrected chi connectivity index (χ1v) is 7.53. The van der Waals surface area contributed by atoms with Gasteiger partial charge in [0.1, 0.15) is 11.6 Å². The van der Waals surface area contributed by atoms with Crippen molar-refractivity contribution in [1.82, 2.24) is 4.90 Å². The Labute approximate surface area is 124 Å². The fraction of sp³-hybridized carbons (Fsp3) is 0.625. The fourth-order valence-electron chi connectivity index (χ4n) is 2.73. The number of rotatable bonds is 6. The number of hydrogen-bond acceptors (Lipinski definition) is 3. The summed E-state index contributed by atoms with van der Waals surface area (Å²) >= 11 is 0. The number of aliphatic hydroxyl groups is 1. The Morgan fingerprint density at radius 2 is 2.05 bits per heavy atom. The van der Waals surface area contributed by atoms with Gasteiger partial charge in [-0.1, -0.05) is 6.07 Å². The van der Waals surface area contributed by atoms with Crippen LogP contribution in [0, 0.1) is 17.6 Å². The maximum Gasteiger partial charge on any atom is 0.131 e. The van der Waals surface area contributed by atoms with E-state index < -0.39 is 17.7 Å². The molecule has 1 unspecified atom stereocenters. The molecule has 1 saturated heterocycles. The van der Waals surface area contributed by atoms with Gasteiger partial charge in [0.15, 0.2) is 0 Å². The maximum absolute atomic E-state index is 13.6. The number of nitrogens with zero attached hydrogens (tertiary/aromatic N) is 1. The first-order valence-electron chi connectivity index (χ1n) is 7.53. The lowest BCUT2D eigenvalue weighted by atomic mass is 9.97. The quantitative estimate of drug-likeness (QED) is 0.877. The Bertz CT molecular complexity index is 448. The summed E-state index contributed by atoms with van der Waals surface area (Å²) in [4.78, 5) is 2.12. The Morgan fingerprint density at radius 1 is 1.33 bits per heavy atom. The minimum Gasteiger partial charge on any atom is -0.387 e. The zero-order chi connectivity index (χ0) is 15.2. The van der Waals surface area contributed by atoms with Gasteiger partial charge in [-0.2, -0.15) is 0 Å². The van der Waals surface area contributed by atoms with Gasteiger partial charge in [0, 0.05) is 31.4 Å². The van der Waals surface area contributed by atoms with Gasteiger partial charge in [0.25, 0.3) is 0 Å². The van der Waals surface area contributed by atoms with Gasteiger partial charge in [0.2, 0.25) is 0 Å². The van der Waals surface area contributed by atoms with Crippen LogP contribution in [0.25, 0.3) is 0 Å². The van der Waals surface area contributed by atoms with E-state index in [2.05, 4.69) is 4.90 Å². The molecule has 1 aromatic rings. The molecule has 1 fully saturated rings. The van der Waals surface area contributed by atoms with Crippen molar-refractivity contribution in [2.24, 2.45) is 5.92 Å². The van der Waals surface area contributed by atoms with Crippen LogP contribution in [0.15, 0.2) is 18.2 Å². The molecule has 1 atom stereocenters. The molecule has 1 aliphatic rings. The number of β-amino-alcohol motifs (C(OH)–C–C–N with tert-alkyl or cyclic N) is 1. The van der Waals surface area contributed by atoms with Gasteiger partial charge < -0.3 is 14.7 Å². The van der Waals surface area contributed by atoms with Gasteiger partial charge in [0.05, 0.1) is 6.10 Å². The molecular formula is C16H23F2NO2. The Hall–Kier alpha value is -1.04. The third-order valence-corrected chi connectivity index (χ3v) is 4.02. The third-order valence-electron chi connectivity index (χ3n) is 4.02. The van der Waals surface area contributed by atoms with Crippen LogP contribution in [0.4, 0.5) is 8.78 Å². The van der Waals surface area contributed by atoms with Crippen LogP contribution in [0.1, 0.15) is 31.4 Å². The van der Waals surface area contributed by atoms with Crippen LogP contribution in [0.5, 0.6) is 0 Å². The Kier molecular flexibility index (Phi) is 6.08. The minimum atomic E-state index is -0.922. The van der Waals surface area contributed by atoms with Gasteiger partial charge in [-0.3, -0.25) is 0 Å². The van der Waals surface area contributed by atoms with Crippen molar-refractivity contribution in [3.05, 3.63) is 35.4 Å². The first kappa shape index (κ1) is 16.3. The molecule has 0 bridgehead atoms. The van der Waals surface area contributed by atoms with Crippen molar-refractivity contribution in [2.45, 2.75) is 25.9 Å². The minimum absolute atomic E-state index is 0.160. The van der Waals surface area contributed by atoms with Crippen molar-refractivity contribution in [2.75, 3.05) is 32.8 Å². The summed E-state index contributed by atoms with van der Waals surface area (Å²) in [5, 5.41) is 10.1. The Balaban J connectivity index is 1.82. The molecule has 5 heteroatoms. The van der Waals surface area contributed by atoms with E-state index in [-0.39, 0.29) is 5.56 Å². The average molecular weight is 299 g/mol. The summed E-state index contributed by atoms with van der Waals surface area (Å²) < 4.78 is 31.9. The molecule has 3 nitrogen and oxygen atoms in total. The largest absolute Gasteiger partial charge is 0.387 e. The molecule has 1 heterocycles. The molecule has 1 aromatic carbocycles. The number of piperidine rings is 1. The van der Waals surface area contributed by atoms with E-state index in [0.717, 1.165) is 45.2 Å². The number of likely N-dealkylation sites (tertiary alicyclic amines) is 1. The number of hydrogen-bond donors (Lipinski definition) is 1. The molecule has 0 amide bonds. The maximum atomic E-state index is 13.6. The van der Waals surface area contributed by atoms with E-state index in [1.165, 1.54) is 12.1 Å². The third kappa shape index (κ3) is 4.73. The zero-order valence-electron chi connectivity index (χ0n) is 12.4. The predicted molar refractivity (Wildman–Crippen MR) is 77.0 cm³/mol. The first-order chi connectivity index (χ1) is 10.1. The van der Waals surface area contributed by atoms with Gasteiger partial charge >= 0.3 is 0 Å². The van der Waals surface area contributed by atoms with Gasteiger partial charge in [-0.05, 0) is 44.8 Å². The highest BCUT2D eigenvalue weighted by molar-refractivity contribution is 5.21. The molecule has 0 aliphatic carbocycles. The highest BCUT2D eigenvalue weighted by Gasteiger charge is 2.22. The smallest absolute Gasteiger partial charge is 0.131 e. The van der Waals surface area contributed by atoms with Crippen LogP contribution >= 0.6 is 0 Å². The molecule has 1 N–H and O–H groups in total. The van der Waals surface area contributed by atoms with Gasteiger partial charge in [-0.15, -0.1) is 0 Å². The predicted octanol–water partition coefficient (Wildman–Crippen LogP) is 2.75. The van der Waals surface area contributed by atoms with Crippen LogP contribution in [0.3, 0.4) is 0 Å². The number of benzene rings is 1. The zero-order valence-corrected chi connectivity index (χ0v) is 12.4. The normalized spacial score (nSPS) is 18.9. The summed E-state index contributed by atoms with van der Waals surface area (Å²) in [7, 11) is 0. The van der Waals surface area contributed by atoms with E-state index >= 15 is 0 Å².